The minimum absolute atomic E-state index is 0.178. The highest BCUT2D eigenvalue weighted by Crippen LogP contribution is 2.35. The van der Waals surface area contributed by atoms with Gasteiger partial charge in [-0.1, -0.05) is 25.1 Å². The van der Waals surface area contributed by atoms with E-state index in [1.165, 1.54) is 0 Å². The Morgan fingerprint density at radius 3 is 2.83 bits per heavy atom. The number of aryl methyl sites for hydroxylation is 1. The molecule has 2 aromatic rings. The summed E-state index contributed by atoms with van der Waals surface area (Å²) in [5, 5.41) is 10.3. The van der Waals surface area contributed by atoms with Gasteiger partial charge in [-0.15, -0.1) is 0 Å². The monoisotopic (exact) mass is 312 g/mol. The van der Waals surface area contributed by atoms with Crippen LogP contribution < -0.4 is 4.90 Å². The van der Waals surface area contributed by atoms with Crippen LogP contribution in [0, 0.1) is 12.3 Å². The van der Waals surface area contributed by atoms with E-state index in [1.807, 2.05) is 43.3 Å². The summed E-state index contributed by atoms with van der Waals surface area (Å²) in [7, 11) is 1.76. The van der Waals surface area contributed by atoms with Gasteiger partial charge in [0, 0.05) is 31.2 Å². The molecule has 1 atom stereocenters. The van der Waals surface area contributed by atoms with Crippen LogP contribution in [0.1, 0.15) is 18.9 Å². The fraction of sp³-hybridized carbons (Fsp3) is 0.421. The molecule has 0 unspecified atom stereocenters. The molecule has 0 radical (unpaired) electrons. The average molecular weight is 312 g/mol. The standard InChI is InChI=1S/C19H24N2O2/c1-14-6-4-7-15(18(14)22)16-8-5-9-17(20-16)21-11-10-19(2,12-21)13-23-3/h4-9,22H,10-13H2,1-3H3/t19-/m1/s1. The van der Waals surface area contributed by atoms with E-state index in [2.05, 4.69) is 11.8 Å². The first kappa shape index (κ1) is 15.8. The summed E-state index contributed by atoms with van der Waals surface area (Å²) in [5.41, 5.74) is 2.64. The van der Waals surface area contributed by atoms with Crippen molar-refractivity contribution in [3.8, 4) is 17.0 Å². The number of nitrogens with zero attached hydrogens (tertiary/aromatic N) is 2. The Bertz CT molecular complexity index is 702. The lowest BCUT2D eigenvalue weighted by Gasteiger charge is -2.24. The number of ether oxygens (including phenoxy) is 1. The highest BCUT2D eigenvalue weighted by atomic mass is 16.5. The number of aromatic nitrogens is 1. The molecule has 0 amide bonds. The van der Waals surface area contributed by atoms with Crippen molar-refractivity contribution in [1.82, 2.24) is 4.98 Å². The van der Waals surface area contributed by atoms with E-state index in [4.69, 9.17) is 9.72 Å². The Kier molecular flexibility index (Phi) is 4.26. The highest BCUT2D eigenvalue weighted by Gasteiger charge is 2.34. The molecular weight excluding hydrogens is 288 g/mol. The topological polar surface area (TPSA) is 45.6 Å². The second kappa shape index (κ2) is 6.20. The van der Waals surface area contributed by atoms with Crippen molar-refractivity contribution in [1.29, 1.82) is 0 Å². The number of phenols is 1. The lowest BCUT2D eigenvalue weighted by molar-refractivity contribution is 0.106. The number of pyridine rings is 1. The van der Waals surface area contributed by atoms with Gasteiger partial charge in [-0.25, -0.2) is 4.98 Å². The van der Waals surface area contributed by atoms with Crippen LogP contribution in [-0.2, 0) is 4.74 Å². The predicted molar refractivity (Wildman–Crippen MR) is 92.9 cm³/mol. The van der Waals surface area contributed by atoms with Crippen LogP contribution in [0.2, 0.25) is 0 Å². The number of rotatable bonds is 4. The minimum atomic E-state index is 0.178. The number of hydrogen-bond acceptors (Lipinski definition) is 4. The molecule has 0 spiro atoms. The van der Waals surface area contributed by atoms with E-state index in [9.17, 15) is 5.11 Å². The van der Waals surface area contributed by atoms with Crippen LogP contribution in [0.5, 0.6) is 5.75 Å². The molecule has 1 aliphatic heterocycles. The smallest absolute Gasteiger partial charge is 0.129 e. The molecule has 1 saturated heterocycles. The molecular formula is C19H24N2O2. The number of hydrogen-bond donors (Lipinski definition) is 1. The van der Waals surface area contributed by atoms with Gasteiger partial charge < -0.3 is 14.7 Å². The quantitative estimate of drug-likeness (QED) is 0.936. The molecule has 1 aliphatic rings. The number of methoxy groups -OCH3 is 1. The number of anilines is 1. The Balaban J connectivity index is 1.88. The Labute approximate surface area is 137 Å². The molecule has 2 heterocycles. The maximum Gasteiger partial charge on any atom is 0.129 e. The molecule has 0 bridgehead atoms. The molecule has 3 rings (SSSR count). The van der Waals surface area contributed by atoms with Gasteiger partial charge in [-0.3, -0.25) is 0 Å². The molecule has 1 N–H and O–H groups in total. The van der Waals surface area contributed by atoms with Crippen LogP contribution in [-0.4, -0.2) is 36.9 Å². The van der Waals surface area contributed by atoms with Crippen LogP contribution >= 0.6 is 0 Å². The number of aromatic hydroxyl groups is 1. The van der Waals surface area contributed by atoms with Crippen LogP contribution in [0.3, 0.4) is 0 Å². The Morgan fingerprint density at radius 2 is 2.04 bits per heavy atom. The van der Waals surface area contributed by atoms with Crippen molar-refractivity contribution in [2.45, 2.75) is 20.3 Å². The first-order valence-electron chi connectivity index (χ1n) is 8.02. The van der Waals surface area contributed by atoms with E-state index in [-0.39, 0.29) is 5.41 Å². The van der Waals surface area contributed by atoms with Gasteiger partial charge in [-0.05, 0) is 37.1 Å². The van der Waals surface area contributed by atoms with Crippen molar-refractivity contribution >= 4 is 5.82 Å². The van der Waals surface area contributed by atoms with Gasteiger partial charge in [0.2, 0.25) is 0 Å². The SMILES string of the molecule is COC[C@]1(C)CCN(c2cccc(-c3cccc(C)c3O)n2)C1. The molecule has 1 fully saturated rings. The zero-order chi connectivity index (χ0) is 16.4. The van der Waals surface area contributed by atoms with Crippen molar-refractivity contribution in [3.05, 3.63) is 42.0 Å². The largest absolute Gasteiger partial charge is 0.507 e. The first-order valence-corrected chi connectivity index (χ1v) is 8.02. The van der Waals surface area contributed by atoms with Crippen LogP contribution in [0.4, 0.5) is 5.82 Å². The summed E-state index contributed by atoms with van der Waals surface area (Å²) >= 11 is 0. The van der Waals surface area contributed by atoms with Crippen molar-refractivity contribution in [2.75, 3.05) is 31.7 Å². The van der Waals surface area contributed by atoms with Gasteiger partial charge in [-0.2, -0.15) is 0 Å². The van der Waals surface area contributed by atoms with Gasteiger partial charge in [0.25, 0.3) is 0 Å². The van der Waals surface area contributed by atoms with Crippen LogP contribution in [0.15, 0.2) is 36.4 Å². The zero-order valence-electron chi connectivity index (χ0n) is 14.0. The molecule has 122 valence electrons. The second-order valence-electron chi connectivity index (χ2n) is 6.77. The lowest BCUT2D eigenvalue weighted by Crippen LogP contribution is -2.28. The second-order valence-corrected chi connectivity index (χ2v) is 6.77. The van der Waals surface area contributed by atoms with E-state index < -0.39 is 0 Å². The zero-order valence-corrected chi connectivity index (χ0v) is 14.0. The normalized spacial score (nSPS) is 20.9. The van der Waals surface area contributed by atoms with E-state index in [0.29, 0.717) is 5.75 Å². The van der Waals surface area contributed by atoms with E-state index in [1.54, 1.807) is 7.11 Å². The predicted octanol–water partition coefficient (Wildman–Crippen LogP) is 3.63. The van der Waals surface area contributed by atoms with Crippen molar-refractivity contribution < 1.29 is 9.84 Å². The summed E-state index contributed by atoms with van der Waals surface area (Å²) < 4.78 is 5.35. The van der Waals surface area contributed by atoms with Crippen molar-refractivity contribution in [2.24, 2.45) is 5.41 Å². The lowest BCUT2D eigenvalue weighted by atomic mass is 9.91. The fourth-order valence-corrected chi connectivity index (χ4v) is 3.30. The van der Waals surface area contributed by atoms with E-state index >= 15 is 0 Å². The maximum absolute atomic E-state index is 10.3. The fourth-order valence-electron chi connectivity index (χ4n) is 3.30. The molecule has 4 nitrogen and oxygen atoms in total. The van der Waals surface area contributed by atoms with Crippen molar-refractivity contribution in [3.63, 3.8) is 0 Å². The molecule has 4 heteroatoms. The molecule has 1 aromatic heterocycles. The number of benzene rings is 1. The molecule has 0 saturated carbocycles. The third-order valence-electron chi connectivity index (χ3n) is 4.62. The highest BCUT2D eigenvalue weighted by molar-refractivity contribution is 5.69. The van der Waals surface area contributed by atoms with Crippen LogP contribution in [0.25, 0.3) is 11.3 Å². The van der Waals surface area contributed by atoms with Gasteiger partial charge in [0.1, 0.15) is 11.6 Å². The number of phenolic OH excluding ortho intramolecular Hbond substituents is 1. The summed E-state index contributed by atoms with van der Waals surface area (Å²) in [6.45, 7) is 6.85. The summed E-state index contributed by atoms with van der Waals surface area (Å²) in [6.07, 6.45) is 1.10. The molecule has 1 aromatic carbocycles. The van der Waals surface area contributed by atoms with Gasteiger partial charge >= 0.3 is 0 Å². The van der Waals surface area contributed by atoms with E-state index in [0.717, 1.165) is 48.8 Å². The Morgan fingerprint density at radius 1 is 1.26 bits per heavy atom. The minimum Gasteiger partial charge on any atom is -0.507 e. The third-order valence-corrected chi connectivity index (χ3v) is 4.62. The molecule has 23 heavy (non-hydrogen) atoms. The number of para-hydroxylation sites is 1. The summed E-state index contributed by atoms with van der Waals surface area (Å²) in [5.74, 6) is 1.27. The summed E-state index contributed by atoms with van der Waals surface area (Å²) in [4.78, 5) is 7.08. The maximum atomic E-state index is 10.3. The molecule has 0 aliphatic carbocycles. The Hall–Kier alpha value is -2.07. The van der Waals surface area contributed by atoms with Gasteiger partial charge in [0.15, 0.2) is 0 Å². The van der Waals surface area contributed by atoms with Gasteiger partial charge in [0.05, 0.1) is 12.3 Å². The third kappa shape index (κ3) is 3.17. The average Bonchev–Trinajstić information content (AvgIpc) is 2.93. The summed E-state index contributed by atoms with van der Waals surface area (Å²) in [6, 6.07) is 11.7. The first-order chi connectivity index (χ1) is 11.0.